The van der Waals surface area contributed by atoms with Crippen LogP contribution in [0, 0.1) is 12.8 Å². The number of carbonyl (C=O) groups is 2. The maximum absolute atomic E-state index is 13.1. The summed E-state index contributed by atoms with van der Waals surface area (Å²) in [4.78, 5) is 27.5. The molecule has 31 heavy (non-hydrogen) atoms. The molecule has 0 spiro atoms. The fraction of sp³-hybridized carbons (Fsp3) is 0.417. The second-order valence-electron chi connectivity index (χ2n) is 7.99. The van der Waals surface area contributed by atoms with Gasteiger partial charge in [-0.15, -0.1) is 11.8 Å². The quantitative estimate of drug-likeness (QED) is 0.472. The van der Waals surface area contributed by atoms with Gasteiger partial charge in [-0.05, 0) is 48.6 Å². The first kappa shape index (κ1) is 25.6. The molecule has 2 aromatic carbocycles. The van der Waals surface area contributed by atoms with E-state index in [4.69, 9.17) is 23.2 Å². The fourth-order valence-corrected chi connectivity index (χ4v) is 4.44. The maximum atomic E-state index is 13.1. The smallest absolute Gasteiger partial charge is 0.242 e. The van der Waals surface area contributed by atoms with E-state index in [2.05, 4.69) is 5.32 Å². The van der Waals surface area contributed by atoms with Crippen molar-refractivity contribution >= 4 is 46.8 Å². The van der Waals surface area contributed by atoms with Crippen LogP contribution in [0.15, 0.2) is 42.5 Å². The fourth-order valence-electron chi connectivity index (χ4n) is 2.98. The summed E-state index contributed by atoms with van der Waals surface area (Å²) in [6, 6.07) is 12.7. The molecular weight excluding hydrogens is 451 g/mol. The molecule has 1 N–H and O–H groups in total. The normalized spacial score (nSPS) is 12.0. The lowest BCUT2D eigenvalue weighted by molar-refractivity contribution is -0.138. The first-order chi connectivity index (χ1) is 14.7. The largest absolute Gasteiger partial charge is 0.354 e. The summed E-state index contributed by atoms with van der Waals surface area (Å²) >= 11 is 13.7. The van der Waals surface area contributed by atoms with Gasteiger partial charge >= 0.3 is 0 Å². The van der Waals surface area contributed by atoms with Crippen molar-refractivity contribution in [3.05, 3.63) is 69.2 Å². The summed E-state index contributed by atoms with van der Waals surface area (Å²) in [6.45, 7) is 8.86. The van der Waals surface area contributed by atoms with Crippen LogP contribution >= 0.6 is 35.0 Å². The average Bonchev–Trinajstić information content (AvgIpc) is 2.72. The Morgan fingerprint density at radius 3 is 2.42 bits per heavy atom. The predicted molar refractivity (Wildman–Crippen MR) is 132 cm³/mol. The SMILES string of the molecule is Cc1ccccc1CN(C(=O)CSCc1ccc(Cl)cc1Cl)[C@H](C)C(=O)NCC(C)C. The van der Waals surface area contributed by atoms with E-state index in [-0.39, 0.29) is 17.6 Å². The number of nitrogens with one attached hydrogen (secondary N) is 1. The lowest BCUT2D eigenvalue weighted by Gasteiger charge is -2.29. The van der Waals surface area contributed by atoms with Crippen LogP contribution in [0.2, 0.25) is 10.0 Å². The number of hydrogen-bond acceptors (Lipinski definition) is 3. The third kappa shape index (κ3) is 8.06. The number of carbonyl (C=O) groups excluding carboxylic acids is 2. The molecule has 0 saturated heterocycles. The van der Waals surface area contributed by atoms with Gasteiger partial charge in [0.1, 0.15) is 6.04 Å². The number of thioether (sulfide) groups is 1. The van der Waals surface area contributed by atoms with Crippen molar-refractivity contribution < 1.29 is 9.59 Å². The first-order valence-corrected chi connectivity index (χ1v) is 12.2. The topological polar surface area (TPSA) is 49.4 Å². The highest BCUT2D eigenvalue weighted by Gasteiger charge is 2.26. The van der Waals surface area contributed by atoms with Crippen molar-refractivity contribution in [2.75, 3.05) is 12.3 Å². The standard InChI is InChI=1S/C24H30Cl2N2O2S/c1-16(2)12-27-24(30)18(4)28(13-19-8-6-5-7-17(19)3)23(29)15-31-14-20-9-10-21(25)11-22(20)26/h5-11,16,18H,12-15H2,1-4H3,(H,27,30)/t18-/m1/s1. The number of benzene rings is 2. The van der Waals surface area contributed by atoms with Gasteiger partial charge in [0.15, 0.2) is 0 Å². The minimum atomic E-state index is -0.564. The van der Waals surface area contributed by atoms with Gasteiger partial charge in [0, 0.05) is 28.9 Å². The van der Waals surface area contributed by atoms with E-state index in [0.717, 1.165) is 16.7 Å². The third-order valence-electron chi connectivity index (χ3n) is 4.95. The van der Waals surface area contributed by atoms with E-state index in [1.54, 1.807) is 24.0 Å². The second kappa shape index (κ2) is 12.4. The molecule has 7 heteroatoms. The molecule has 2 aromatic rings. The zero-order valence-corrected chi connectivity index (χ0v) is 20.8. The Balaban J connectivity index is 2.09. The van der Waals surface area contributed by atoms with E-state index in [0.29, 0.717) is 34.8 Å². The van der Waals surface area contributed by atoms with E-state index < -0.39 is 6.04 Å². The Hall–Kier alpha value is -1.69. The third-order valence-corrected chi connectivity index (χ3v) is 6.51. The average molecular weight is 481 g/mol. The molecule has 0 heterocycles. The summed E-state index contributed by atoms with van der Waals surface area (Å²) in [5, 5.41) is 4.12. The minimum Gasteiger partial charge on any atom is -0.354 e. The molecule has 0 aromatic heterocycles. The van der Waals surface area contributed by atoms with Crippen molar-refractivity contribution in [1.29, 1.82) is 0 Å². The molecule has 0 aliphatic rings. The summed E-state index contributed by atoms with van der Waals surface area (Å²) < 4.78 is 0. The molecule has 0 radical (unpaired) electrons. The Kier molecular flexibility index (Phi) is 10.2. The lowest BCUT2D eigenvalue weighted by Crippen LogP contribution is -2.48. The number of nitrogens with zero attached hydrogens (tertiary/aromatic N) is 1. The summed E-state index contributed by atoms with van der Waals surface area (Å²) in [5.74, 6) is 0.976. The van der Waals surface area contributed by atoms with E-state index in [1.165, 1.54) is 11.8 Å². The van der Waals surface area contributed by atoms with Crippen LogP contribution in [-0.4, -0.2) is 35.1 Å². The van der Waals surface area contributed by atoms with Crippen molar-refractivity contribution in [2.45, 2.75) is 46.0 Å². The molecule has 1 atom stereocenters. The van der Waals surface area contributed by atoms with Crippen molar-refractivity contribution in [2.24, 2.45) is 5.92 Å². The molecule has 0 unspecified atom stereocenters. The molecule has 0 fully saturated rings. The number of amides is 2. The predicted octanol–water partition coefficient (Wildman–Crippen LogP) is 5.72. The van der Waals surface area contributed by atoms with Crippen molar-refractivity contribution in [3.8, 4) is 0 Å². The van der Waals surface area contributed by atoms with Gasteiger partial charge in [-0.3, -0.25) is 9.59 Å². The van der Waals surface area contributed by atoms with Crippen LogP contribution < -0.4 is 5.32 Å². The number of aryl methyl sites for hydroxylation is 1. The van der Waals surface area contributed by atoms with Crippen LogP contribution in [0.5, 0.6) is 0 Å². The van der Waals surface area contributed by atoms with Crippen LogP contribution in [0.1, 0.15) is 37.5 Å². The highest BCUT2D eigenvalue weighted by molar-refractivity contribution is 7.99. The summed E-state index contributed by atoms with van der Waals surface area (Å²) in [6.07, 6.45) is 0. The minimum absolute atomic E-state index is 0.0782. The van der Waals surface area contributed by atoms with Gasteiger partial charge < -0.3 is 10.2 Å². The van der Waals surface area contributed by atoms with E-state index in [1.807, 2.05) is 51.1 Å². The van der Waals surface area contributed by atoms with Gasteiger partial charge in [-0.2, -0.15) is 0 Å². The summed E-state index contributed by atoms with van der Waals surface area (Å²) in [7, 11) is 0. The Labute approximate surface area is 199 Å². The molecule has 0 aliphatic heterocycles. The Morgan fingerprint density at radius 1 is 1.06 bits per heavy atom. The van der Waals surface area contributed by atoms with E-state index in [9.17, 15) is 9.59 Å². The monoisotopic (exact) mass is 480 g/mol. The molecule has 0 aliphatic carbocycles. The molecule has 0 saturated carbocycles. The van der Waals surface area contributed by atoms with Crippen molar-refractivity contribution in [3.63, 3.8) is 0 Å². The second-order valence-corrected chi connectivity index (χ2v) is 9.82. The van der Waals surface area contributed by atoms with Crippen LogP contribution in [0.4, 0.5) is 0 Å². The highest BCUT2D eigenvalue weighted by Crippen LogP contribution is 2.25. The molecule has 2 rings (SSSR count). The number of rotatable bonds is 10. The van der Waals surface area contributed by atoms with Gasteiger partial charge in [-0.1, -0.05) is 67.4 Å². The van der Waals surface area contributed by atoms with Crippen molar-refractivity contribution in [1.82, 2.24) is 10.2 Å². The Morgan fingerprint density at radius 2 is 1.77 bits per heavy atom. The summed E-state index contributed by atoms with van der Waals surface area (Å²) in [5.41, 5.74) is 3.05. The highest BCUT2D eigenvalue weighted by atomic mass is 35.5. The lowest BCUT2D eigenvalue weighted by atomic mass is 10.1. The van der Waals surface area contributed by atoms with Gasteiger partial charge in [0.05, 0.1) is 5.75 Å². The van der Waals surface area contributed by atoms with Crippen LogP contribution in [0.3, 0.4) is 0 Å². The first-order valence-electron chi connectivity index (χ1n) is 10.3. The van der Waals surface area contributed by atoms with Crippen LogP contribution in [-0.2, 0) is 21.9 Å². The zero-order chi connectivity index (χ0) is 23.0. The van der Waals surface area contributed by atoms with E-state index >= 15 is 0 Å². The Bertz CT molecular complexity index is 905. The number of halogens is 2. The molecule has 0 bridgehead atoms. The van der Waals surface area contributed by atoms with Crippen LogP contribution in [0.25, 0.3) is 0 Å². The van der Waals surface area contributed by atoms with Gasteiger partial charge in [0.25, 0.3) is 0 Å². The molecule has 2 amide bonds. The number of hydrogen-bond donors (Lipinski definition) is 1. The molecule has 4 nitrogen and oxygen atoms in total. The maximum Gasteiger partial charge on any atom is 0.242 e. The van der Waals surface area contributed by atoms with Gasteiger partial charge in [-0.25, -0.2) is 0 Å². The molecule has 168 valence electrons. The zero-order valence-electron chi connectivity index (χ0n) is 18.5. The molecular formula is C24H30Cl2N2O2S. The van der Waals surface area contributed by atoms with Gasteiger partial charge in [0.2, 0.25) is 11.8 Å².